The van der Waals surface area contributed by atoms with Crippen LogP contribution in [0.5, 0.6) is 11.5 Å². The lowest BCUT2D eigenvalue weighted by Crippen LogP contribution is -2.45. The lowest BCUT2D eigenvalue weighted by atomic mass is 10.1. The van der Waals surface area contributed by atoms with E-state index in [0.29, 0.717) is 30.0 Å². The van der Waals surface area contributed by atoms with Gasteiger partial charge in [-0.05, 0) is 69.0 Å². The molecule has 0 bridgehead atoms. The zero-order valence-corrected chi connectivity index (χ0v) is 25.6. The van der Waals surface area contributed by atoms with Gasteiger partial charge in [0, 0.05) is 83.2 Å². The van der Waals surface area contributed by atoms with Crippen LogP contribution in [0.1, 0.15) is 30.2 Å². The molecule has 2 aromatic carbocycles. The summed E-state index contributed by atoms with van der Waals surface area (Å²) in [6, 6.07) is 16.1. The van der Waals surface area contributed by atoms with Crippen LogP contribution in [0.3, 0.4) is 0 Å². The first-order valence-corrected chi connectivity index (χ1v) is 14.8. The second-order valence-corrected chi connectivity index (χ2v) is 11.5. The molecule has 0 amide bonds. The summed E-state index contributed by atoms with van der Waals surface area (Å²) in [5, 5.41) is 3.51. The summed E-state index contributed by atoms with van der Waals surface area (Å²) in [4.78, 5) is 28.6. The van der Waals surface area contributed by atoms with E-state index < -0.39 is 0 Å². The Morgan fingerprint density at radius 2 is 1.76 bits per heavy atom. The third-order valence-electron chi connectivity index (χ3n) is 8.00. The number of pyridine rings is 1. The van der Waals surface area contributed by atoms with Gasteiger partial charge in [-0.15, -0.1) is 0 Å². The summed E-state index contributed by atoms with van der Waals surface area (Å²) in [5.41, 5.74) is 6.23. The summed E-state index contributed by atoms with van der Waals surface area (Å²) in [5.74, 6) is 2.29. The molecular formula is C33H43N7O2. The molecular weight excluding hydrogens is 526 g/mol. The van der Waals surface area contributed by atoms with Gasteiger partial charge in [0.1, 0.15) is 17.3 Å². The number of ether oxygens (including phenoxy) is 1. The number of fused-ring (bicyclic) bond motifs is 1. The number of aryl methyl sites for hydroxylation is 2. The molecule has 42 heavy (non-hydrogen) atoms. The van der Waals surface area contributed by atoms with Crippen LogP contribution in [-0.2, 0) is 24.8 Å². The maximum atomic E-state index is 12.3. The molecule has 0 saturated carbocycles. The molecule has 1 fully saturated rings. The molecule has 1 N–H and O–H groups in total. The number of benzene rings is 2. The molecule has 1 aliphatic rings. The molecule has 1 aliphatic heterocycles. The van der Waals surface area contributed by atoms with Crippen LogP contribution < -0.4 is 10.1 Å². The first-order chi connectivity index (χ1) is 20.3. The fourth-order valence-electron chi connectivity index (χ4n) is 5.32. The van der Waals surface area contributed by atoms with Gasteiger partial charge in [0.15, 0.2) is 0 Å². The van der Waals surface area contributed by atoms with Crippen molar-refractivity contribution in [1.29, 1.82) is 0 Å². The Hall–Kier alpha value is -3.79. The van der Waals surface area contributed by atoms with Gasteiger partial charge in [0.2, 0.25) is 5.95 Å². The Morgan fingerprint density at radius 3 is 2.50 bits per heavy atom. The maximum absolute atomic E-state index is 12.3. The standard InChI is InChI=1S/C33H43N7O2/c1-6-39-15-17-40(18-16-39)23-25-7-8-26(19-24(25)2)35-33-36-31-10-9-29(22-32(31)38(33)5)42-30-11-13-34-27(21-30)20-28(41)12-14-37(3)4/h7-11,13,19,21-22H,6,12,14-18,20,23H2,1-5H3,(H,35,36). The molecule has 0 unspecified atom stereocenters. The minimum absolute atomic E-state index is 0.167. The Balaban J connectivity index is 1.23. The highest BCUT2D eigenvalue weighted by molar-refractivity contribution is 5.81. The lowest BCUT2D eigenvalue weighted by Gasteiger charge is -2.34. The topological polar surface area (TPSA) is 78.8 Å². The van der Waals surface area contributed by atoms with Gasteiger partial charge in [0.05, 0.1) is 16.7 Å². The van der Waals surface area contributed by atoms with Gasteiger partial charge in [-0.2, -0.15) is 0 Å². The summed E-state index contributed by atoms with van der Waals surface area (Å²) in [6.07, 6.45) is 2.50. The van der Waals surface area contributed by atoms with E-state index in [0.717, 1.165) is 68.5 Å². The largest absolute Gasteiger partial charge is 0.457 e. The van der Waals surface area contributed by atoms with Gasteiger partial charge in [-0.3, -0.25) is 14.7 Å². The average molecular weight is 570 g/mol. The van der Waals surface area contributed by atoms with Crippen LogP contribution in [0.25, 0.3) is 11.0 Å². The van der Waals surface area contributed by atoms with Gasteiger partial charge in [-0.25, -0.2) is 4.98 Å². The average Bonchev–Trinajstić information content (AvgIpc) is 3.28. The number of aromatic nitrogens is 3. The highest BCUT2D eigenvalue weighted by Crippen LogP contribution is 2.29. The molecule has 0 aliphatic carbocycles. The fourth-order valence-corrected chi connectivity index (χ4v) is 5.32. The first kappa shape index (κ1) is 29.7. The molecule has 0 atom stereocenters. The summed E-state index contributed by atoms with van der Waals surface area (Å²) < 4.78 is 8.21. The number of nitrogens with one attached hydrogen (secondary N) is 1. The molecule has 2 aromatic heterocycles. The zero-order valence-electron chi connectivity index (χ0n) is 25.6. The van der Waals surface area contributed by atoms with E-state index in [2.05, 4.69) is 52.1 Å². The van der Waals surface area contributed by atoms with Crippen LogP contribution >= 0.6 is 0 Å². The number of rotatable bonds is 12. The number of ketones is 1. The number of nitrogens with zero attached hydrogens (tertiary/aromatic N) is 6. The minimum Gasteiger partial charge on any atom is -0.457 e. The Kier molecular flexibility index (Phi) is 9.51. The normalized spacial score (nSPS) is 14.5. The van der Waals surface area contributed by atoms with E-state index in [9.17, 15) is 4.79 Å². The van der Waals surface area contributed by atoms with Gasteiger partial charge < -0.3 is 24.4 Å². The fraction of sp³-hybridized carbons (Fsp3) is 0.424. The van der Waals surface area contributed by atoms with E-state index in [1.165, 1.54) is 11.1 Å². The molecule has 9 heteroatoms. The Labute approximate surface area is 249 Å². The highest BCUT2D eigenvalue weighted by Gasteiger charge is 2.17. The number of imidazole rings is 1. The number of anilines is 2. The highest BCUT2D eigenvalue weighted by atomic mass is 16.5. The second kappa shape index (κ2) is 13.5. The molecule has 1 saturated heterocycles. The molecule has 9 nitrogen and oxygen atoms in total. The maximum Gasteiger partial charge on any atom is 0.208 e. The third-order valence-corrected chi connectivity index (χ3v) is 8.00. The van der Waals surface area contributed by atoms with Crippen molar-refractivity contribution in [2.45, 2.75) is 33.2 Å². The third kappa shape index (κ3) is 7.53. The number of hydrogen-bond acceptors (Lipinski definition) is 8. The lowest BCUT2D eigenvalue weighted by molar-refractivity contribution is -0.118. The van der Waals surface area contributed by atoms with E-state index in [1.54, 1.807) is 6.20 Å². The van der Waals surface area contributed by atoms with Crippen molar-refractivity contribution in [2.24, 2.45) is 7.05 Å². The van der Waals surface area contributed by atoms with Crippen molar-refractivity contribution >= 4 is 28.5 Å². The monoisotopic (exact) mass is 569 g/mol. The Bertz CT molecular complexity index is 1520. The number of hydrogen-bond donors (Lipinski definition) is 1. The molecule has 4 aromatic rings. The van der Waals surface area contributed by atoms with E-state index in [1.807, 2.05) is 60.9 Å². The van der Waals surface area contributed by atoms with E-state index in [-0.39, 0.29) is 5.78 Å². The van der Waals surface area contributed by atoms with Crippen LogP contribution in [0.4, 0.5) is 11.6 Å². The minimum atomic E-state index is 0.167. The van der Waals surface area contributed by atoms with Gasteiger partial charge in [-0.1, -0.05) is 13.0 Å². The Morgan fingerprint density at radius 1 is 1.00 bits per heavy atom. The summed E-state index contributed by atoms with van der Waals surface area (Å²) in [6.45, 7) is 11.8. The first-order valence-electron chi connectivity index (χ1n) is 14.8. The van der Waals surface area contributed by atoms with Crippen molar-refractivity contribution in [2.75, 3.05) is 58.7 Å². The molecule has 3 heterocycles. The number of piperazine rings is 1. The van der Waals surface area contributed by atoms with Crippen LogP contribution in [0, 0.1) is 6.92 Å². The smallest absolute Gasteiger partial charge is 0.208 e. The van der Waals surface area contributed by atoms with E-state index >= 15 is 0 Å². The number of carbonyl (C=O) groups excluding carboxylic acids is 1. The predicted molar refractivity (Wildman–Crippen MR) is 169 cm³/mol. The summed E-state index contributed by atoms with van der Waals surface area (Å²) >= 11 is 0. The molecule has 5 rings (SSSR count). The van der Waals surface area contributed by atoms with Crippen molar-refractivity contribution in [3.05, 3.63) is 71.5 Å². The number of Topliss-reactive ketones (excluding diaryl/α,β-unsaturated/α-hetero) is 1. The second-order valence-electron chi connectivity index (χ2n) is 11.5. The van der Waals surface area contributed by atoms with Crippen LogP contribution in [-0.4, -0.2) is 88.4 Å². The summed E-state index contributed by atoms with van der Waals surface area (Å²) in [7, 11) is 5.93. The quantitative estimate of drug-likeness (QED) is 0.255. The molecule has 222 valence electrons. The van der Waals surface area contributed by atoms with Gasteiger partial charge in [0.25, 0.3) is 0 Å². The van der Waals surface area contributed by atoms with Gasteiger partial charge >= 0.3 is 0 Å². The number of carbonyl (C=O) groups is 1. The van der Waals surface area contributed by atoms with Crippen LogP contribution in [0.15, 0.2) is 54.7 Å². The number of likely N-dealkylation sites (N-methyl/N-ethyl adjacent to an activating group) is 1. The van der Waals surface area contributed by atoms with Crippen molar-refractivity contribution < 1.29 is 9.53 Å². The SMILES string of the molecule is CCN1CCN(Cc2ccc(Nc3nc4ccc(Oc5ccnc(CC(=O)CCN(C)C)c5)cc4n3C)cc2C)CC1. The van der Waals surface area contributed by atoms with Crippen molar-refractivity contribution in [3.63, 3.8) is 0 Å². The van der Waals surface area contributed by atoms with E-state index in [4.69, 9.17) is 9.72 Å². The predicted octanol–water partition coefficient (Wildman–Crippen LogP) is 5.01. The van der Waals surface area contributed by atoms with Crippen molar-refractivity contribution in [3.8, 4) is 11.5 Å². The van der Waals surface area contributed by atoms with Crippen LogP contribution in [0.2, 0.25) is 0 Å². The molecule has 0 radical (unpaired) electrons. The zero-order chi connectivity index (χ0) is 29.6. The van der Waals surface area contributed by atoms with Crippen molar-refractivity contribution in [1.82, 2.24) is 29.2 Å². The molecule has 0 spiro atoms.